The molecule has 0 fully saturated rings. The van der Waals surface area contributed by atoms with Crippen LogP contribution in [0.4, 0.5) is 0 Å². The SMILES string of the molecule is CN(CCN(C)CC(=O)NCCOCCC#N)CCN(C)C(=O)c1ccc(C(=O)c2ccccc2)cc1. The van der Waals surface area contributed by atoms with Gasteiger partial charge in [-0.3, -0.25) is 19.3 Å². The summed E-state index contributed by atoms with van der Waals surface area (Å²) in [6, 6.07) is 17.8. The van der Waals surface area contributed by atoms with E-state index in [0.717, 1.165) is 6.54 Å². The van der Waals surface area contributed by atoms with Crippen molar-refractivity contribution in [1.82, 2.24) is 20.0 Å². The topological polar surface area (TPSA) is 106 Å². The predicted molar refractivity (Wildman–Crippen MR) is 142 cm³/mol. The maximum absolute atomic E-state index is 12.8. The third-order valence-electron chi connectivity index (χ3n) is 5.80. The fraction of sp³-hybridized carbons (Fsp3) is 0.429. The van der Waals surface area contributed by atoms with E-state index in [-0.39, 0.29) is 24.1 Å². The number of nitriles is 1. The Balaban J connectivity index is 1.67. The summed E-state index contributed by atoms with van der Waals surface area (Å²) in [5.41, 5.74) is 1.70. The second-order valence-corrected chi connectivity index (χ2v) is 8.91. The lowest BCUT2D eigenvalue weighted by atomic mass is 10.0. The quantitative estimate of drug-likeness (QED) is 0.273. The zero-order valence-electron chi connectivity index (χ0n) is 22.0. The van der Waals surface area contributed by atoms with Crippen LogP contribution in [0.25, 0.3) is 0 Å². The van der Waals surface area contributed by atoms with Gasteiger partial charge in [0, 0.05) is 56.5 Å². The lowest BCUT2D eigenvalue weighted by Gasteiger charge is -2.24. The molecule has 0 spiro atoms. The zero-order chi connectivity index (χ0) is 27.0. The summed E-state index contributed by atoms with van der Waals surface area (Å²) in [6.07, 6.45) is 0.346. The number of rotatable bonds is 16. The molecule has 198 valence electrons. The van der Waals surface area contributed by atoms with Crippen molar-refractivity contribution in [3.8, 4) is 6.07 Å². The third kappa shape index (κ3) is 10.9. The Labute approximate surface area is 219 Å². The molecule has 1 N–H and O–H groups in total. The maximum atomic E-state index is 12.8. The summed E-state index contributed by atoms with van der Waals surface area (Å²) >= 11 is 0. The van der Waals surface area contributed by atoms with Gasteiger partial charge in [-0.1, -0.05) is 42.5 Å². The first-order valence-corrected chi connectivity index (χ1v) is 12.4. The number of nitrogens with zero attached hydrogens (tertiary/aromatic N) is 4. The van der Waals surface area contributed by atoms with E-state index in [2.05, 4.69) is 10.2 Å². The summed E-state index contributed by atoms with van der Waals surface area (Å²) in [5, 5.41) is 11.2. The van der Waals surface area contributed by atoms with Crippen LogP contribution >= 0.6 is 0 Å². The fourth-order valence-corrected chi connectivity index (χ4v) is 3.48. The van der Waals surface area contributed by atoms with Crippen LogP contribution in [0.3, 0.4) is 0 Å². The van der Waals surface area contributed by atoms with Crippen LogP contribution in [0.5, 0.6) is 0 Å². The van der Waals surface area contributed by atoms with Crippen LogP contribution in [0.15, 0.2) is 54.6 Å². The Bertz CT molecular complexity index is 1040. The molecule has 37 heavy (non-hydrogen) atoms. The normalized spacial score (nSPS) is 10.8. The minimum atomic E-state index is -0.0995. The van der Waals surface area contributed by atoms with Gasteiger partial charge < -0.3 is 19.9 Å². The van der Waals surface area contributed by atoms with Crippen LogP contribution in [0, 0.1) is 11.3 Å². The fourth-order valence-electron chi connectivity index (χ4n) is 3.48. The van der Waals surface area contributed by atoms with Crippen molar-refractivity contribution in [2.24, 2.45) is 0 Å². The Morgan fingerprint density at radius 2 is 1.41 bits per heavy atom. The minimum absolute atomic E-state index is 0.0712. The summed E-state index contributed by atoms with van der Waals surface area (Å²) < 4.78 is 5.23. The van der Waals surface area contributed by atoms with E-state index in [1.807, 2.05) is 43.3 Å². The second kappa shape index (κ2) is 16.2. The molecule has 2 rings (SSSR count). The zero-order valence-corrected chi connectivity index (χ0v) is 22.0. The average Bonchev–Trinajstić information content (AvgIpc) is 2.92. The Morgan fingerprint density at radius 3 is 2.08 bits per heavy atom. The summed E-state index contributed by atoms with van der Waals surface area (Å²) in [4.78, 5) is 43.1. The molecule has 9 heteroatoms. The van der Waals surface area contributed by atoms with Crippen LogP contribution in [-0.2, 0) is 9.53 Å². The predicted octanol–water partition coefficient (Wildman–Crippen LogP) is 1.90. The summed E-state index contributed by atoms with van der Waals surface area (Å²) in [5.74, 6) is -0.244. The van der Waals surface area contributed by atoms with E-state index in [4.69, 9.17) is 10.00 Å². The number of carbonyl (C=O) groups excluding carboxylic acids is 3. The monoisotopic (exact) mass is 507 g/mol. The summed E-state index contributed by atoms with van der Waals surface area (Å²) in [6.45, 7) is 4.17. The number of likely N-dealkylation sites (N-methyl/N-ethyl adjacent to an activating group) is 3. The van der Waals surface area contributed by atoms with Gasteiger partial charge in [-0.25, -0.2) is 0 Å². The molecule has 0 unspecified atom stereocenters. The molecule has 2 aromatic carbocycles. The van der Waals surface area contributed by atoms with Gasteiger partial charge in [-0.05, 0) is 26.2 Å². The lowest BCUT2D eigenvalue weighted by Crippen LogP contribution is -2.41. The van der Waals surface area contributed by atoms with Crippen molar-refractivity contribution < 1.29 is 19.1 Å². The molecule has 0 heterocycles. The first kappa shape index (κ1) is 29.6. The Morgan fingerprint density at radius 1 is 0.811 bits per heavy atom. The number of hydrogen-bond acceptors (Lipinski definition) is 7. The molecule has 0 radical (unpaired) electrons. The van der Waals surface area contributed by atoms with Gasteiger partial charge in [-0.2, -0.15) is 5.26 Å². The van der Waals surface area contributed by atoms with E-state index in [0.29, 0.717) is 62.5 Å². The smallest absolute Gasteiger partial charge is 0.253 e. The number of benzene rings is 2. The molecule has 0 saturated carbocycles. The molecule has 0 bridgehead atoms. The standard InChI is InChI=1S/C28H37N5O4/c1-31(16-17-32(2)22-26(34)30-15-21-37-20-7-14-29)18-19-33(3)28(36)25-12-10-24(11-13-25)27(35)23-8-5-4-6-9-23/h4-6,8-13H,7,15-22H2,1-3H3,(H,30,34). The maximum Gasteiger partial charge on any atom is 0.253 e. The highest BCUT2D eigenvalue weighted by atomic mass is 16.5. The van der Waals surface area contributed by atoms with Crippen LogP contribution in [-0.4, -0.2) is 106 Å². The van der Waals surface area contributed by atoms with Gasteiger partial charge in [0.15, 0.2) is 5.78 Å². The molecule has 0 aliphatic carbocycles. The molecule has 9 nitrogen and oxygen atoms in total. The number of carbonyl (C=O) groups is 3. The molecule has 2 amide bonds. The van der Waals surface area contributed by atoms with Crippen molar-refractivity contribution in [1.29, 1.82) is 5.26 Å². The van der Waals surface area contributed by atoms with Gasteiger partial charge >= 0.3 is 0 Å². The van der Waals surface area contributed by atoms with Gasteiger partial charge in [0.1, 0.15) is 0 Å². The Hall–Kier alpha value is -3.58. The van der Waals surface area contributed by atoms with Crippen LogP contribution < -0.4 is 5.32 Å². The molecule has 2 aromatic rings. The molecule has 0 aliphatic heterocycles. The van der Waals surface area contributed by atoms with E-state index in [9.17, 15) is 14.4 Å². The largest absolute Gasteiger partial charge is 0.379 e. The third-order valence-corrected chi connectivity index (χ3v) is 5.80. The highest BCUT2D eigenvalue weighted by Gasteiger charge is 2.15. The second-order valence-electron chi connectivity index (χ2n) is 8.91. The molecular weight excluding hydrogens is 470 g/mol. The lowest BCUT2D eigenvalue weighted by molar-refractivity contribution is -0.122. The summed E-state index contributed by atoms with van der Waals surface area (Å²) in [7, 11) is 5.63. The molecule has 0 aromatic heterocycles. The van der Waals surface area contributed by atoms with E-state index < -0.39 is 0 Å². The van der Waals surface area contributed by atoms with Crippen molar-refractivity contribution in [3.05, 3.63) is 71.3 Å². The van der Waals surface area contributed by atoms with E-state index >= 15 is 0 Å². The van der Waals surface area contributed by atoms with Crippen molar-refractivity contribution in [2.75, 3.05) is 73.6 Å². The number of ketones is 1. The number of ether oxygens (including phenoxy) is 1. The Kier molecular flexibility index (Phi) is 13.0. The number of nitrogens with one attached hydrogen (secondary N) is 1. The molecule has 0 atom stereocenters. The number of amides is 2. The molecule has 0 aliphatic rings. The van der Waals surface area contributed by atoms with Crippen molar-refractivity contribution in [2.45, 2.75) is 6.42 Å². The first-order valence-electron chi connectivity index (χ1n) is 12.4. The first-order chi connectivity index (χ1) is 17.8. The molecular formula is C28H37N5O4. The van der Waals surface area contributed by atoms with Gasteiger partial charge in [0.2, 0.25) is 5.91 Å². The van der Waals surface area contributed by atoms with E-state index in [1.54, 1.807) is 48.3 Å². The van der Waals surface area contributed by atoms with Crippen molar-refractivity contribution >= 4 is 17.6 Å². The highest BCUT2D eigenvalue weighted by molar-refractivity contribution is 6.09. The van der Waals surface area contributed by atoms with Crippen LogP contribution in [0.1, 0.15) is 32.7 Å². The molecule has 0 saturated heterocycles. The minimum Gasteiger partial charge on any atom is -0.379 e. The van der Waals surface area contributed by atoms with Crippen molar-refractivity contribution in [3.63, 3.8) is 0 Å². The average molecular weight is 508 g/mol. The highest BCUT2D eigenvalue weighted by Crippen LogP contribution is 2.12. The van der Waals surface area contributed by atoms with Crippen LogP contribution in [0.2, 0.25) is 0 Å². The van der Waals surface area contributed by atoms with E-state index in [1.165, 1.54) is 0 Å². The number of hydrogen-bond donors (Lipinski definition) is 1. The van der Waals surface area contributed by atoms with Gasteiger partial charge in [0.05, 0.1) is 32.2 Å². The van der Waals surface area contributed by atoms with Gasteiger partial charge in [0.25, 0.3) is 5.91 Å². The van der Waals surface area contributed by atoms with Gasteiger partial charge in [-0.15, -0.1) is 0 Å².